The lowest BCUT2D eigenvalue weighted by Crippen LogP contribution is -2.29. The van der Waals surface area contributed by atoms with Crippen LogP contribution in [0.1, 0.15) is 32.3 Å². The van der Waals surface area contributed by atoms with Gasteiger partial charge in [0.05, 0.1) is 7.11 Å². The molecule has 1 aromatic carbocycles. The SMILES string of the molecule is CCC(CC)CNS(=O)(=O)c1cc(C)ccc1OC. The van der Waals surface area contributed by atoms with Crippen LogP contribution in [0.15, 0.2) is 23.1 Å². The van der Waals surface area contributed by atoms with Crippen molar-refractivity contribution in [3.05, 3.63) is 23.8 Å². The van der Waals surface area contributed by atoms with Crippen LogP contribution in [0.4, 0.5) is 0 Å². The van der Waals surface area contributed by atoms with Crippen LogP contribution < -0.4 is 9.46 Å². The summed E-state index contributed by atoms with van der Waals surface area (Å²) in [5.41, 5.74) is 0.892. The van der Waals surface area contributed by atoms with Gasteiger partial charge in [-0.25, -0.2) is 13.1 Å². The molecule has 4 nitrogen and oxygen atoms in total. The number of hydrogen-bond donors (Lipinski definition) is 1. The van der Waals surface area contributed by atoms with E-state index in [2.05, 4.69) is 18.6 Å². The van der Waals surface area contributed by atoms with Gasteiger partial charge in [0.1, 0.15) is 10.6 Å². The average molecular weight is 285 g/mol. The van der Waals surface area contributed by atoms with E-state index >= 15 is 0 Å². The highest BCUT2D eigenvalue weighted by Gasteiger charge is 2.20. The molecule has 5 heteroatoms. The van der Waals surface area contributed by atoms with E-state index in [-0.39, 0.29) is 4.90 Å². The topological polar surface area (TPSA) is 55.4 Å². The van der Waals surface area contributed by atoms with Crippen LogP contribution in [-0.2, 0) is 10.0 Å². The van der Waals surface area contributed by atoms with Gasteiger partial charge in [-0.15, -0.1) is 0 Å². The fraction of sp³-hybridized carbons (Fsp3) is 0.571. The fourth-order valence-electron chi connectivity index (χ4n) is 1.88. The molecule has 19 heavy (non-hydrogen) atoms. The maximum atomic E-state index is 12.3. The zero-order chi connectivity index (χ0) is 14.5. The summed E-state index contributed by atoms with van der Waals surface area (Å²) in [4.78, 5) is 0.209. The molecule has 0 saturated carbocycles. The largest absolute Gasteiger partial charge is 0.495 e. The molecule has 0 spiro atoms. The van der Waals surface area contributed by atoms with Crippen molar-refractivity contribution in [3.63, 3.8) is 0 Å². The first kappa shape index (κ1) is 16.0. The quantitative estimate of drug-likeness (QED) is 0.838. The van der Waals surface area contributed by atoms with Crippen molar-refractivity contribution in [3.8, 4) is 5.75 Å². The highest BCUT2D eigenvalue weighted by atomic mass is 32.2. The molecule has 0 atom stereocenters. The lowest BCUT2D eigenvalue weighted by atomic mass is 10.0. The molecule has 0 saturated heterocycles. The molecule has 0 aliphatic heterocycles. The van der Waals surface area contributed by atoms with Crippen LogP contribution >= 0.6 is 0 Å². The number of benzene rings is 1. The molecule has 1 aromatic rings. The van der Waals surface area contributed by atoms with E-state index in [9.17, 15) is 8.42 Å². The van der Waals surface area contributed by atoms with E-state index < -0.39 is 10.0 Å². The summed E-state index contributed by atoms with van der Waals surface area (Å²) >= 11 is 0. The molecular weight excluding hydrogens is 262 g/mol. The van der Waals surface area contributed by atoms with E-state index in [1.165, 1.54) is 7.11 Å². The van der Waals surface area contributed by atoms with Gasteiger partial charge < -0.3 is 4.74 Å². The first-order valence-electron chi connectivity index (χ1n) is 6.58. The van der Waals surface area contributed by atoms with Crippen LogP contribution in [0.25, 0.3) is 0 Å². The Kier molecular flexibility index (Phi) is 5.82. The maximum Gasteiger partial charge on any atom is 0.244 e. The zero-order valence-corrected chi connectivity index (χ0v) is 12.9. The molecular formula is C14H23NO3S. The highest BCUT2D eigenvalue weighted by Crippen LogP contribution is 2.24. The van der Waals surface area contributed by atoms with Gasteiger partial charge in [-0.3, -0.25) is 0 Å². The van der Waals surface area contributed by atoms with Gasteiger partial charge in [0.2, 0.25) is 10.0 Å². The van der Waals surface area contributed by atoms with Crippen molar-refractivity contribution in [2.45, 2.75) is 38.5 Å². The second-order valence-corrected chi connectivity index (χ2v) is 6.42. The standard InChI is InChI=1S/C14H23NO3S/c1-5-12(6-2)10-15-19(16,17)14-9-11(3)7-8-13(14)18-4/h7-9,12,15H,5-6,10H2,1-4H3. The van der Waals surface area contributed by atoms with Crippen LogP contribution in [-0.4, -0.2) is 22.1 Å². The van der Waals surface area contributed by atoms with Crippen molar-refractivity contribution in [2.24, 2.45) is 5.92 Å². The predicted molar refractivity (Wildman–Crippen MR) is 77.0 cm³/mol. The first-order chi connectivity index (χ1) is 8.94. The number of methoxy groups -OCH3 is 1. The smallest absolute Gasteiger partial charge is 0.244 e. The van der Waals surface area contributed by atoms with Crippen LogP contribution in [0.3, 0.4) is 0 Å². The van der Waals surface area contributed by atoms with Crippen LogP contribution in [0, 0.1) is 12.8 Å². The molecule has 0 amide bonds. The summed E-state index contributed by atoms with van der Waals surface area (Å²) in [7, 11) is -2.04. The second kappa shape index (κ2) is 6.91. The Labute approximate surface area is 116 Å². The molecule has 1 rings (SSSR count). The van der Waals surface area contributed by atoms with Gasteiger partial charge >= 0.3 is 0 Å². The Morgan fingerprint density at radius 2 is 1.89 bits per heavy atom. The molecule has 0 radical (unpaired) electrons. The molecule has 0 heterocycles. The average Bonchev–Trinajstić information content (AvgIpc) is 2.39. The van der Waals surface area contributed by atoms with Gasteiger partial charge in [0, 0.05) is 6.54 Å². The van der Waals surface area contributed by atoms with E-state index in [0.717, 1.165) is 18.4 Å². The van der Waals surface area contributed by atoms with E-state index in [1.807, 2.05) is 13.0 Å². The number of ether oxygens (including phenoxy) is 1. The minimum absolute atomic E-state index is 0.209. The third-order valence-corrected chi connectivity index (χ3v) is 4.77. The summed E-state index contributed by atoms with van der Waals surface area (Å²) in [6, 6.07) is 5.15. The Balaban J connectivity index is 2.97. The van der Waals surface area contributed by atoms with Gasteiger partial charge in [-0.05, 0) is 30.5 Å². The van der Waals surface area contributed by atoms with Gasteiger partial charge in [0.25, 0.3) is 0 Å². The van der Waals surface area contributed by atoms with Crippen molar-refractivity contribution < 1.29 is 13.2 Å². The minimum Gasteiger partial charge on any atom is -0.495 e. The maximum absolute atomic E-state index is 12.3. The van der Waals surface area contributed by atoms with Crippen molar-refractivity contribution in [2.75, 3.05) is 13.7 Å². The van der Waals surface area contributed by atoms with Crippen molar-refractivity contribution in [1.82, 2.24) is 4.72 Å². The normalized spacial score (nSPS) is 11.8. The number of aryl methyl sites for hydroxylation is 1. The van der Waals surface area contributed by atoms with E-state index in [1.54, 1.807) is 12.1 Å². The van der Waals surface area contributed by atoms with Gasteiger partial charge in [-0.1, -0.05) is 32.8 Å². The first-order valence-corrected chi connectivity index (χ1v) is 8.07. The van der Waals surface area contributed by atoms with Crippen LogP contribution in [0.5, 0.6) is 5.75 Å². The Hall–Kier alpha value is -1.07. The summed E-state index contributed by atoms with van der Waals surface area (Å²) in [6.07, 6.45) is 1.92. The Morgan fingerprint density at radius 3 is 2.42 bits per heavy atom. The Morgan fingerprint density at radius 1 is 1.26 bits per heavy atom. The summed E-state index contributed by atoms with van der Waals surface area (Å²) < 4.78 is 32.4. The predicted octanol–water partition coefficient (Wildman–Crippen LogP) is 2.72. The Bertz CT molecular complexity index is 507. The minimum atomic E-state index is -3.52. The van der Waals surface area contributed by atoms with E-state index in [0.29, 0.717) is 18.2 Å². The lowest BCUT2D eigenvalue weighted by molar-refractivity contribution is 0.401. The molecule has 0 fully saturated rings. The summed E-state index contributed by atoms with van der Waals surface area (Å²) in [6.45, 7) is 6.46. The molecule has 0 unspecified atom stereocenters. The number of hydrogen-bond acceptors (Lipinski definition) is 3. The number of nitrogens with one attached hydrogen (secondary N) is 1. The van der Waals surface area contributed by atoms with Gasteiger partial charge in [0.15, 0.2) is 0 Å². The highest BCUT2D eigenvalue weighted by molar-refractivity contribution is 7.89. The van der Waals surface area contributed by atoms with Crippen molar-refractivity contribution >= 4 is 10.0 Å². The van der Waals surface area contributed by atoms with Crippen LogP contribution in [0.2, 0.25) is 0 Å². The monoisotopic (exact) mass is 285 g/mol. The number of sulfonamides is 1. The molecule has 0 aliphatic carbocycles. The molecule has 0 bridgehead atoms. The number of rotatable bonds is 7. The van der Waals surface area contributed by atoms with Gasteiger partial charge in [-0.2, -0.15) is 0 Å². The zero-order valence-electron chi connectivity index (χ0n) is 12.1. The molecule has 1 N–H and O–H groups in total. The third kappa shape index (κ3) is 4.21. The molecule has 0 aromatic heterocycles. The molecule has 108 valence electrons. The van der Waals surface area contributed by atoms with Crippen molar-refractivity contribution in [1.29, 1.82) is 0 Å². The third-order valence-electron chi connectivity index (χ3n) is 3.33. The fourth-order valence-corrected chi connectivity index (χ4v) is 3.24. The molecule has 0 aliphatic rings. The summed E-state index contributed by atoms with van der Waals surface area (Å²) in [5, 5.41) is 0. The second-order valence-electron chi connectivity index (χ2n) is 4.69. The summed E-state index contributed by atoms with van der Waals surface area (Å²) in [5.74, 6) is 0.744. The van der Waals surface area contributed by atoms with E-state index in [4.69, 9.17) is 4.74 Å². The lowest BCUT2D eigenvalue weighted by Gasteiger charge is -2.15.